The predicted molar refractivity (Wildman–Crippen MR) is 122 cm³/mol. The van der Waals surface area contributed by atoms with Gasteiger partial charge in [0.2, 0.25) is 0 Å². The molecule has 3 aliphatic heterocycles. The number of aryl methyl sites for hydroxylation is 1. The number of halogens is 1. The summed E-state index contributed by atoms with van der Waals surface area (Å²) in [4.78, 5) is 26.3. The van der Waals surface area contributed by atoms with Gasteiger partial charge in [0.05, 0.1) is 12.1 Å². The Kier molecular flexibility index (Phi) is 6.04. The molecule has 4 heterocycles. The minimum atomic E-state index is -1.59. The Hall–Kier alpha value is -1.90. The molecule has 3 aliphatic rings. The highest BCUT2D eigenvalue weighted by molar-refractivity contribution is 7.45. The van der Waals surface area contributed by atoms with Crippen molar-refractivity contribution in [1.29, 1.82) is 0 Å². The van der Waals surface area contributed by atoms with Gasteiger partial charge in [-0.3, -0.25) is 14.3 Å². The molecule has 1 aromatic carbocycles. The van der Waals surface area contributed by atoms with Crippen molar-refractivity contribution in [3.63, 3.8) is 0 Å². The molecule has 0 amide bonds. The van der Waals surface area contributed by atoms with Crippen LogP contribution >= 0.6 is 8.53 Å². The Labute approximate surface area is 192 Å². The third kappa shape index (κ3) is 3.80. The first-order chi connectivity index (χ1) is 15.8. The van der Waals surface area contributed by atoms with Crippen LogP contribution in [0.2, 0.25) is 0 Å². The molecule has 1 unspecified atom stereocenters. The van der Waals surface area contributed by atoms with Crippen molar-refractivity contribution < 1.29 is 18.2 Å². The van der Waals surface area contributed by atoms with E-state index in [1.807, 2.05) is 25.1 Å². The smallest absolute Gasteiger partial charge is 0.330 e. The molecule has 10 heteroatoms. The second-order valence-electron chi connectivity index (χ2n) is 9.09. The highest BCUT2D eigenvalue weighted by Crippen LogP contribution is 2.64. The summed E-state index contributed by atoms with van der Waals surface area (Å²) in [6.07, 6.45) is -0.312. The molecule has 3 fully saturated rings. The Morgan fingerprint density at radius 1 is 1.30 bits per heavy atom. The number of hydrogen-bond acceptors (Lipinski definition) is 6. The van der Waals surface area contributed by atoms with Crippen molar-refractivity contribution >= 4 is 8.53 Å². The topological polar surface area (TPSA) is 85.8 Å². The van der Waals surface area contributed by atoms with E-state index in [1.165, 1.54) is 6.20 Å². The molecule has 1 aromatic heterocycles. The lowest BCUT2D eigenvalue weighted by atomic mass is 9.87. The van der Waals surface area contributed by atoms with E-state index in [0.29, 0.717) is 12.0 Å². The number of nitrogens with one attached hydrogen (secondary N) is 1. The number of ether oxygens (including phenoxy) is 1. The van der Waals surface area contributed by atoms with Crippen molar-refractivity contribution in [2.24, 2.45) is 0 Å². The van der Waals surface area contributed by atoms with E-state index in [4.69, 9.17) is 13.8 Å². The number of H-pyrrole nitrogens is 1. The quantitative estimate of drug-likeness (QED) is 0.664. The molecule has 0 radical (unpaired) electrons. The summed E-state index contributed by atoms with van der Waals surface area (Å²) in [6, 6.07) is 10.2. The maximum absolute atomic E-state index is 15.7. The highest BCUT2D eigenvalue weighted by Gasteiger charge is 2.57. The zero-order valence-electron chi connectivity index (χ0n) is 18.9. The van der Waals surface area contributed by atoms with Gasteiger partial charge in [-0.15, -0.1) is 0 Å². The zero-order valence-corrected chi connectivity index (χ0v) is 19.8. The van der Waals surface area contributed by atoms with Crippen molar-refractivity contribution in [2.75, 3.05) is 6.54 Å². The fourth-order valence-electron chi connectivity index (χ4n) is 5.13. The molecule has 1 N–H and O–H groups in total. The molecule has 0 saturated carbocycles. The van der Waals surface area contributed by atoms with Crippen LogP contribution in [0.5, 0.6) is 0 Å². The Bertz CT molecular complexity index is 1130. The molecule has 33 heavy (non-hydrogen) atoms. The predicted octanol–water partition coefficient (Wildman–Crippen LogP) is 3.51. The van der Waals surface area contributed by atoms with E-state index in [0.717, 1.165) is 29.5 Å². The van der Waals surface area contributed by atoms with Crippen LogP contribution in [0.15, 0.2) is 46.1 Å². The first kappa shape index (κ1) is 22.9. The number of nitrogens with zero attached hydrogens (tertiary/aromatic N) is 2. The molecule has 3 saturated heterocycles. The number of hydrogen-bond donors (Lipinski definition) is 1. The summed E-state index contributed by atoms with van der Waals surface area (Å²) in [7, 11) is -1.51. The number of rotatable bonds is 5. The zero-order chi connectivity index (χ0) is 23.3. The van der Waals surface area contributed by atoms with Crippen molar-refractivity contribution in [3.8, 4) is 0 Å². The third-order valence-electron chi connectivity index (χ3n) is 6.99. The Balaban J connectivity index is 1.41. The monoisotopic (exact) mass is 477 g/mol. The minimum absolute atomic E-state index is 0.159. The lowest BCUT2D eigenvalue weighted by molar-refractivity contribution is -0.0273. The van der Waals surface area contributed by atoms with Crippen LogP contribution < -0.4 is 11.2 Å². The van der Waals surface area contributed by atoms with Gasteiger partial charge in [0, 0.05) is 18.3 Å². The molecule has 5 rings (SSSR count). The van der Waals surface area contributed by atoms with Crippen LogP contribution in [0.3, 0.4) is 0 Å². The van der Waals surface area contributed by atoms with E-state index in [-0.39, 0.29) is 6.04 Å². The van der Waals surface area contributed by atoms with E-state index in [1.54, 1.807) is 6.92 Å². The number of alkyl halides is 1. The van der Waals surface area contributed by atoms with Gasteiger partial charge in [0.25, 0.3) is 14.1 Å². The minimum Gasteiger partial charge on any atom is -0.349 e. The van der Waals surface area contributed by atoms with E-state index in [9.17, 15) is 9.59 Å². The lowest BCUT2D eigenvalue weighted by Gasteiger charge is -2.29. The molecule has 0 bridgehead atoms. The third-order valence-corrected chi connectivity index (χ3v) is 8.84. The summed E-state index contributed by atoms with van der Waals surface area (Å²) >= 11 is 0. The first-order valence-corrected chi connectivity index (χ1v) is 12.6. The molecule has 7 atom stereocenters. The summed E-state index contributed by atoms with van der Waals surface area (Å²) in [5.41, 5.74) is -0.344. The molecular formula is C23H29FN3O5P. The Morgan fingerprint density at radius 3 is 2.79 bits per heavy atom. The SMILES string of the molecule is CC[C@H]1O[C@@H](n2cc(C)c(=O)[nH]c2=O)C(F)[C@H]1O[P@]1O[C@@](C)(c2ccccc2)[C@H]2CCCN21. The second-order valence-corrected chi connectivity index (χ2v) is 10.5. The fourth-order valence-corrected chi connectivity index (χ4v) is 7.28. The normalized spacial score (nSPS) is 36.4. The van der Waals surface area contributed by atoms with Gasteiger partial charge in [-0.2, -0.15) is 0 Å². The summed E-state index contributed by atoms with van der Waals surface area (Å²) in [5, 5.41) is 0. The molecular weight excluding hydrogens is 448 g/mol. The molecule has 0 aliphatic carbocycles. The van der Waals surface area contributed by atoms with Crippen LogP contribution in [-0.2, 0) is 19.4 Å². The second kappa shape index (κ2) is 8.71. The van der Waals surface area contributed by atoms with Crippen LogP contribution in [0.25, 0.3) is 0 Å². The van der Waals surface area contributed by atoms with E-state index in [2.05, 4.69) is 28.7 Å². The summed E-state index contributed by atoms with van der Waals surface area (Å²) in [6.45, 7) is 6.38. The lowest BCUT2D eigenvalue weighted by Crippen LogP contribution is -2.37. The van der Waals surface area contributed by atoms with Crippen molar-refractivity contribution in [3.05, 3.63) is 68.5 Å². The average molecular weight is 477 g/mol. The number of benzene rings is 1. The average Bonchev–Trinajstić information content (AvgIpc) is 3.48. The van der Waals surface area contributed by atoms with Crippen LogP contribution in [0, 0.1) is 6.92 Å². The van der Waals surface area contributed by atoms with Gasteiger partial charge in [0.1, 0.15) is 11.7 Å². The van der Waals surface area contributed by atoms with Crippen LogP contribution in [0.1, 0.15) is 50.5 Å². The number of fused-ring (bicyclic) bond motifs is 1. The standard InChI is InChI=1S/C23H29FN3O5P/c1-4-16-19(18(24)21(30-16)26-13-14(2)20(28)25-22(26)29)31-33-27-12-8-11-17(27)23(3,32-33)15-9-6-5-7-10-15/h5-7,9-10,13,16-19,21H,4,8,11-12H2,1-3H3,(H,25,28,29)/t16-,17-,18?,19+,21-,23+,33-/m1/s1. The number of aromatic nitrogens is 2. The van der Waals surface area contributed by atoms with Crippen LogP contribution in [0.4, 0.5) is 4.39 Å². The Morgan fingerprint density at radius 2 is 2.06 bits per heavy atom. The highest BCUT2D eigenvalue weighted by atomic mass is 31.2. The van der Waals surface area contributed by atoms with Gasteiger partial charge in [-0.05, 0) is 38.7 Å². The van der Waals surface area contributed by atoms with Gasteiger partial charge in [0.15, 0.2) is 12.4 Å². The maximum atomic E-state index is 15.7. The van der Waals surface area contributed by atoms with E-state index < -0.39 is 50.0 Å². The first-order valence-electron chi connectivity index (χ1n) is 11.4. The van der Waals surface area contributed by atoms with Crippen LogP contribution in [-0.4, -0.2) is 45.2 Å². The maximum Gasteiger partial charge on any atom is 0.330 e. The van der Waals surface area contributed by atoms with Gasteiger partial charge in [-0.25, -0.2) is 13.9 Å². The summed E-state index contributed by atoms with van der Waals surface area (Å²) in [5.74, 6) is 0. The van der Waals surface area contributed by atoms with Gasteiger partial charge < -0.3 is 13.8 Å². The van der Waals surface area contributed by atoms with Gasteiger partial charge >= 0.3 is 5.69 Å². The molecule has 178 valence electrons. The van der Waals surface area contributed by atoms with Crippen molar-refractivity contribution in [1.82, 2.24) is 14.2 Å². The molecule has 2 aromatic rings. The molecule has 8 nitrogen and oxygen atoms in total. The van der Waals surface area contributed by atoms with E-state index >= 15 is 4.39 Å². The summed E-state index contributed by atoms with van der Waals surface area (Å²) < 4.78 is 37.9. The van der Waals surface area contributed by atoms with Gasteiger partial charge in [-0.1, -0.05) is 37.3 Å². The number of aromatic amines is 1. The van der Waals surface area contributed by atoms with Crippen molar-refractivity contribution in [2.45, 2.75) is 76.3 Å². The fraction of sp³-hybridized carbons (Fsp3) is 0.565. The largest absolute Gasteiger partial charge is 0.349 e. The molecule has 0 spiro atoms.